The Bertz CT molecular complexity index is 1460. The number of aromatic hydroxyl groups is 1. The summed E-state index contributed by atoms with van der Waals surface area (Å²) in [5.74, 6) is -3.26. The lowest BCUT2D eigenvalue weighted by Crippen LogP contribution is -2.54. The Hall–Kier alpha value is -4.69. The number of para-hydroxylation sites is 2. The van der Waals surface area contributed by atoms with Crippen LogP contribution in [0.15, 0.2) is 41.5 Å². The van der Waals surface area contributed by atoms with Crippen molar-refractivity contribution in [1.82, 2.24) is 16.1 Å². The van der Waals surface area contributed by atoms with Crippen molar-refractivity contribution in [2.24, 2.45) is 10.8 Å². The van der Waals surface area contributed by atoms with Crippen LogP contribution in [0, 0.1) is 0 Å². The molecular weight excluding hydrogens is 605 g/mol. The molecule has 1 aliphatic rings. The summed E-state index contributed by atoms with van der Waals surface area (Å²) in [5, 5.41) is 18.2. The molecule has 0 spiro atoms. The molecule has 228 valence electrons. The number of benzene rings is 2. The molecule has 0 fully saturated rings. The van der Waals surface area contributed by atoms with Gasteiger partial charge in [0.25, 0.3) is 11.8 Å². The van der Waals surface area contributed by atoms with E-state index in [-0.39, 0.29) is 52.4 Å². The number of rotatable bonds is 10. The quantitative estimate of drug-likeness (QED) is 0.193. The van der Waals surface area contributed by atoms with Gasteiger partial charge in [-0.3, -0.25) is 28.9 Å². The number of Topliss-reactive ketones (excluding diaryl/α,β-unsaturated/α-hetero) is 1. The fourth-order valence-corrected chi connectivity index (χ4v) is 4.75. The Labute approximate surface area is 256 Å². The zero-order valence-corrected chi connectivity index (χ0v) is 24.6. The fourth-order valence-electron chi connectivity index (χ4n) is 4.26. The molecule has 0 aliphatic carbocycles. The van der Waals surface area contributed by atoms with Crippen LogP contribution in [0.25, 0.3) is 0 Å². The smallest absolute Gasteiger partial charge is 0.332 e. The number of primary amides is 1. The molecule has 1 heterocycles. The molecule has 16 heteroatoms. The van der Waals surface area contributed by atoms with Crippen LogP contribution in [0.2, 0.25) is 10.0 Å². The van der Waals surface area contributed by atoms with Crippen LogP contribution in [-0.2, 0) is 19.2 Å². The van der Waals surface area contributed by atoms with Crippen LogP contribution in [0.1, 0.15) is 37.0 Å². The van der Waals surface area contributed by atoms with Gasteiger partial charge in [-0.15, -0.1) is 0 Å². The van der Waals surface area contributed by atoms with Crippen molar-refractivity contribution in [1.29, 1.82) is 0 Å². The summed E-state index contributed by atoms with van der Waals surface area (Å²) in [5.41, 5.74) is 7.45. The van der Waals surface area contributed by atoms with Gasteiger partial charge in [-0.1, -0.05) is 42.3 Å². The average Bonchev–Trinajstić information content (AvgIpc) is 3.05. The molecule has 0 bridgehead atoms. The van der Waals surface area contributed by atoms with Gasteiger partial charge in [-0.05, 0) is 31.2 Å². The maximum absolute atomic E-state index is 13.9. The molecule has 43 heavy (non-hydrogen) atoms. The second-order valence-corrected chi connectivity index (χ2v) is 10.2. The monoisotopic (exact) mass is 633 g/mol. The summed E-state index contributed by atoms with van der Waals surface area (Å²) in [4.78, 5) is 78.4. The summed E-state index contributed by atoms with van der Waals surface area (Å²) in [6, 6.07) is 5.52. The molecular formula is C27H29Cl2N7O7. The lowest BCUT2D eigenvalue weighted by atomic mass is 10.1. The molecule has 2 unspecified atom stereocenters. The summed E-state index contributed by atoms with van der Waals surface area (Å²) in [7, 11) is 0. The fraction of sp³-hybridized carbons (Fsp3) is 0.296. The highest BCUT2D eigenvalue weighted by Crippen LogP contribution is 2.34. The van der Waals surface area contributed by atoms with E-state index < -0.39 is 48.1 Å². The Morgan fingerprint density at radius 3 is 2.35 bits per heavy atom. The summed E-state index contributed by atoms with van der Waals surface area (Å²) in [6.07, 6.45) is 1.02. The Balaban J connectivity index is 1.96. The van der Waals surface area contributed by atoms with E-state index in [1.807, 2.05) is 5.43 Å². The number of nitrogens with one attached hydrogen (secondary N) is 3. The Kier molecular flexibility index (Phi) is 11.0. The van der Waals surface area contributed by atoms with Crippen LogP contribution in [0.3, 0.4) is 0 Å². The molecule has 2 atom stereocenters. The largest absolute Gasteiger partial charge is 0.505 e. The molecule has 0 saturated carbocycles. The van der Waals surface area contributed by atoms with Crippen LogP contribution in [0.5, 0.6) is 5.75 Å². The Morgan fingerprint density at radius 1 is 1.14 bits per heavy atom. The molecule has 2 aromatic rings. The maximum atomic E-state index is 13.9. The molecule has 6 amide bonds. The third-order valence-corrected chi connectivity index (χ3v) is 6.74. The minimum absolute atomic E-state index is 0.0593. The van der Waals surface area contributed by atoms with Gasteiger partial charge < -0.3 is 26.4 Å². The molecule has 1 aliphatic heterocycles. The van der Waals surface area contributed by atoms with E-state index in [2.05, 4.69) is 15.7 Å². The Morgan fingerprint density at radius 2 is 1.77 bits per heavy atom. The number of hydrogen-bond donors (Lipinski definition) is 5. The summed E-state index contributed by atoms with van der Waals surface area (Å²) < 4.78 is 0. The predicted octanol–water partition coefficient (Wildman–Crippen LogP) is 1.71. The molecule has 14 nitrogen and oxygen atoms in total. The lowest BCUT2D eigenvalue weighted by Gasteiger charge is -2.25. The zero-order valence-electron chi connectivity index (χ0n) is 23.1. The first-order chi connectivity index (χ1) is 20.3. The van der Waals surface area contributed by atoms with E-state index in [0.29, 0.717) is 5.69 Å². The van der Waals surface area contributed by atoms with Crippen molar-refractivity contribution in [3.8, 4) is 5.75 Å². The molecule has 0 aromatic heterocycles. The highest BCUT2D eigenvalue weighted by Gasteiger charge is 2.37. The van der Waals surface area contributed by atoms with Crippen molar-refractivity contribution in [2.75, 3.05) is 22.9 Å². The molecule has 0 radical (unpaired) electrons. The van der Waals surface area contributed by atoms with E-state index in [0.717, 1.165) is 23.2 Å². The number of fused-ring (bicyclic) bond motifs is 1. The number of anilines is 2. The third-order valence-electron chi connectivity index (χ3n) is 6.17. The SMILES string of the molecule is CCC(=O)N1CC(NC(=O)c2cc(Cl)c(O)c(Cl)c2)C(=O)N(CC(=O)NC(/C=N/NC(N)=O)CC(C)=O)c2ccccc21. The van der Waals surface area contributed by atoms with Crippen LogP contribution < -0.4 is 31.6 Å². The van der Waals surface area contributed by atoms with Crippen molar-refractivity contribution in [3.63, 3.8) is 0 Å². The van der Waals surface area contributed by atoms with Gasteiger partial charge in [0.1, 0.15) is 18.4 Å². The number of nitrogens with zero attached hydrogens (tertiary/aromatic N) is 3. The first-order valence-corrected chi connectivity index (χ1v) is 13.6. The average molecular weight is 634 g/mol. The minimum Gasteiger partial charge on any atom is -0.505 e. The second-order valence-electron chi connectivity index (χ2n) is 9.42. The number of hydrogen-bond acceptors (Lipinski definition) is 8. The van der Waals surface area contributed by atoms with Crippen molar-refractivity contribution >= 4 is 76.2 Å². The number of amides is 6. The highest BCUT2D eigenvalue weighted by molar-refractivity contribution is 6.37. The van der Waals surface area contributed by atoms with Crippen LogP contribution >= 0.6 is 23.2 Å². The number of carbonyl (C=O) groups is 6. The number of hydrazone groups is 1. The maximum Gasteiger partial charge on any atom is 0.332 e. The molecule has 3 rings (SSSR count). The number of urea groups is 1. The van der Waals surface area contributed by atoms with Gasteiger partial charge in [0.2, 0.25) is 11.8 Å². The lowest BCUT2D eigenvalue weighted by molar-refractivity contribution is -0.125. The number of halogens is 2. The van der Waals surface area contributed by atoms with Gasteiger partial charge in [-0.2, -0.15) is 5.10 Å². The van der Waals surface area contributed by atoms with Crippen molar-refractivity contribution in [3.05, 3.63) is 52.0 Å². The first-order valence-electron chi connectivity index (χ1n) is 12.9. The van der Waals surface area contributed by atoms with Gasteiger partial charge in [0.15, 0.2) is 5.75 Å². The van der Waals surface area contributed by atoms with Gasteiger partial charge in [0, 0.05) is 24.6 Å². The molecule has 6 N–H and O–H groups in total. The van der Waals surface area contributed by atoms with E-state index >= 15 is 0 Å². The van der Waals surface area contributed by atoms with Crippen molar-refractivity contribution in [2.45, 2.75) is 38.8 Å². The molecule has 2 aromatic carbocycles. The zero-order chi connectivity index (χ0) is 31.8. The van der Waals surface area contributed by atoms with Gasteiger partial charge in [0.05, 0.1) is 34.0 Å². The number of ketones is 1. The highest BCUT2D eigenvalue weighted by atomic mass is 35.5. The third kappa shape index (κ3) is 8.42. The predicted molar refractivity (Wildman–Crippen MR) is 159 cm³/mol. The second kappa shape index (κ2) is 14.5. The summed E-state index contributed by atoms with van der Waals surface area (Å²) in [6.45, 7) is 2.11. The standard InChI is InChI=1S/C27H29Cl2N7O7/c1-3-23(39)35-12-19(33-25(41)15-9-17(28)24(40)18(29)10-15)26(42)36(21-7-5-4-6-20(21)35)13-22(38)32-16(8-14(2)37)11-31-34-27(30)43/h4-7,9-11,16,19,40H,3,8,12-13H2,1-2H3,(H,32,38)(H,33,41)(H3,30,34,43)/b31-11+. The van der Waals surface area contributed by atoms with Gasteiger partial charge in [-0.25, -0.2) is 10.2 Å². The molecule has 0 saturated heterocycles. The first kappa shape index (κ1) is 32.8. The van der Waals surface area contributed by atoms with Crippen molar-refractivity contribution < 1.29 is 33.9 Å². The van der Waals surface area contributed by atoms with E-state index in [1.54, 1.807) is 31.2 Å². The summed E-state index contributed by atoms with van der Waals surface area (Å²) >= 11 is 11.9. The number of phenols is 1. The van der Waals surface area contributed by atoms with Gasteiger partial charge >= 0.3 is 6.03 Å². The van der Waals surface area contributed by atoms with E-state index in [4.69, 9.17) is 28.9 Å². The number of nitrogens with two attached hydrogens (primary N) is 1. The normalized spacial score (nSPS) is 15.3. The minimum atomic E-state index is -1.33. The van der Waals surface area contributed by atoms with E-state index in [1.165, 1.54) is 11.8 Å². The number of carbonyl (C=O) groups excluding carboxylic acids is 6. The number of phenolic OH excluding ortho intramolecular Hbond substituents is 1. The topological polar surface area (TPSA) is 204 Å². The van der Waals surface area contributed by atoms with E-state index in [9.17, 15) is 33.9 Å². The van der Waals surface area contributed by atoms with Crippen LogP contribution in [-0.4, -0.2) is 71.9 Å². The van der Waals surface area contributed by atoms with Crippen LogP contribution in [0.4, 0.5) is 16.2 Å².